The van der Waals surface area contributed by atoms with Gasteiger partial charge in [-0.2, -0.15) is 13.2 Å². The highest BCUT2D eigenvalue weighted by Crippen LogP contribution is 2.35. The van der Waals surface area contributed by atoms with Crippen molar-refractivity contribution in [1.29, 1.82) is 0 Å². The number of halogens is 3. The molecule has 1 aromatic rings. The highest BCUT2D eigenvalue weighted by atomic mass is 32.1. The maximum atomic E-state index is 12.5. The summed E-state index contributed by atoms with van der Waals surface area (Å²) in [5, 5.41) is 3.29. The Kier molecular flexibility index (Phi) is 4.29. The van der Waals surface area contributed by atoms with Gasteiger partial charge in [0.05, 0.1) is 6.20 Å². The lowest BCUT2D eigenvalue weighted by molar-refractivity contribution is -0.135. The van der Waals surface area contributed by atoms with Gasteiger partial charge in [-0.15, -0.1) is 0 Å². The van der Waals surface area contributed by atoms with Crippen molar-refractivity contribution in [1.82, 2.24) is 9.88 Å². The molecule has 2 heterocycles. The van der Waals surface area contributed by atoms with Crippen LogP contribution in [-0.4, -0.2) is 34.9 Å². The van der Waals surface area contributed by atoms with Gasteiger partial charge in [0.2, 0.25) is 5.91 Å². The molecule has 2 aliphatic rings. The fourth-order valence-corrected chi connectivity index (χ4v) is 3.92. The molecular formula is C14H18F3N3OS. The van der Waals surface area contributed by atoms with E-state index in [-0.39, 0.29) is 23.0 Å². The number of aromatic nitrogens is 1. The molecule has 22 heavy (non-hydrogen) atoms. The lowest BCUT2D eigenvalue weighted by atomic mass is 10.1. The molecule has 0 aromatic carbocycles. The minimum atomic E-state index is -4.35. The van der Waals surface area contributed by atoms with E-state index in [0.29, 0.717) is 24.4 Å². The molecule has 4 nitrogen and oxygen atoms in total. The summed E-state index contributed by atoms with van der Waals surface area (Å²) in [5.74, 6) is 0.354. The summed E-state index contributed by atoms with van der Waals surface area (Å²) in [4.78, 5) is 17.2. The fourth-order valence-electron chi connectivity index (χ4n) is 3.16. The lowest BCUT2D eigenvalue weighted by Gasteiger charge is -2.20. The van der Waals surface area contributed by atoms with Crippen LogP contribution in [0.1, 0.15) is 37.0 Å². The Labute approximate surface area is 130 Å². The molecular weight excluding hydrogens is 315 g/mol. The molecule has 1 amide bonds. The summed E-state index contributed by atoms with van der Waals surface area (Å²) in [7, 11) is 0. The third kappa shape index (κ3) is 3.37. The summed E-state index contributed by atoms with van der Waals surface area (Å²) in [6.07, 6.45) is 1.42. The highest BCUT2D eigenvalue weighted by Gasteiger charge is 2.35. The van der Waals surface area contributed by atoms with Crippen molar-refractivity contribution in [3.05, 3.63) is 11.1 Å². The number of nitrogens with one attached hydrogen (secondary N) is 1. The number of nitrogens with zero attached hydrogens (tertiary/aromatic N) is 2. The minimum Gasteiger partial charge on any atom is -0.357 e. The Bertz CT molecular complexity index is 540. The number of rotatable bonds is 3. The molecule has 1 aliphatic carbocycles. The Morgan fingerprint density at radius 1 is 1.32 bits per heavy atom. The van der Waals surface area contributed by atoms with Gasteiger partial charge in [-0.05, 0) is 19.3 Å². The first-order chi connectivity index (χ1) is 10.4. The van der Waals surface area contributed by atoms with Crippen LogP contribution in [0.5, 0.6) is 0 Å². The normalized spacial score (nSPS) is 23.2. The average Bonchev–Trinajstić information content (AvgIpc) is 3.19. The molecule has 1 unspecified atom stereocenters. The third-order valence-corrected chi connectivity index (χ3v) is 5.29. The van der Waals surface area contributed by atoms with Crippen LogP contribution in [0.2, 0.25) is 0 Å². The molecule has 1 aromatic heterocycles. The van der Waals surface area contributed by atoms with Crippen molar-refractivity contribution in [2.75, 3.05) is 18.4 Å². The minimum absolute atomic E-state index is 0.0161. The van der Waals surface area contributed by atoms with Crippen molar-refractivity contribution >= 4 is 22.4 Å². The van der Waals surface area contributed by atoms with E-state index in [1.54, 1.807) is 0 Å². The van der Waals surface area contributed by atoms with E-state index in [1.807, 2.05) is 4.90 Å². The second-order valence-corrected chi connectivity index (χ2v) is 6.95. The zero-order valence-electron chi connectivity index (χ0n) is 12.0. The van der Waals surface area contributed by atoms with E-state index in [4.69, 9.17) is 0 Å². The van der Waals surface area contributed by atoms with E-state index >= 15 is 0 Å². The third-order valence-electron chi connectivity index (χ3n) is 4.32. The van der Waals surface area contributed by atoms with Gasteiger partial charge in [0.25, 0.3) is 0 Å². The quantitative estimate of drug-likeness (QED) is 0.922. The van der Waals surface area contributed by atoms with Crippen LogP contribution >= 0.6 is 11.3 Å². The number of likely N-dealkylation sites (tertiary alicyclic amines) is 1. The molecule has 2 fully saturated rings. The summed E-state index contributed by atoms with van der Waals surface area (Å²) in [6, 6.07) is -0.0161. The van der Waals surface area contributed by atoms with Crippen LogP contribution in [0.25, 0.3) is 0 Å². The van der Waals surface area contributed by atoms with Crippen molar-refractivity contribution in [2.45, 2.75) is 44.3 Å². The predicted octanol–water partition coefficient (Wildman–Crippen LogP) is 3.36. The van der Waals surface area contributed by atoms with Crippen molar-refractivity contribution < 1.29 is 18.0 Å². The van der Waals surface area contributed by atoms with Crippen LogP contribution in [0.15, 0.2) is 6.20 Å². The zero-order chi connectivity index (χ0) is 15.7. The van der Waals surface area contributed by atoms with Crippen LogP contribution in [0.3, 0.4) is 0 Å². The van der Waals surface area contributed by atoms with Gasteiger partial charge in [-0.1, -0.05) is 24.2 Å². The van der Waals surface area contributed by atoms with E-state index < -0.39 is 11.1 Å². The number of hydrogen-bond donors (Lipinski definition) is 1. The first kappa shape index (κ1) is 15.6. The largest absolute Gasteiger partial charge is 0.427 e. The van der Waals surface area contributed by atoms with Crippen LogP contribution in [0.4, 0.5) is 18.3 Å². The molecule has 122 valence electrons. The van der Waals surface area contributed by atoms with Crippen LogP contribution in [-0.2, 0) is 11.0 Å². The molecule has 1 aliphatic heterocycles. The SMILES string of the molecule is O=C(C1CCCC1)N1CCC(Nc2ncc(C(F)(F)F)s2)C1. The Hall–Kier alpha value is -1.31. The first-order valence-electron chi connectivity index (χ1n) is 7.52. The summed E-state index contributed by atoms with van der Waals surface area (Å²) >= 11 is 0.611. The molecule has 8 heteroatoms. The smallest absolute Gasteiger partial charge is 0.357 e. The van der Waals surface area contributed by atoms with Gasteiger partial charge < -0.3 is 10.2 Å². The van der Waals surface area contributed by atoms with Gasteiger partial charge in [-0.3, -0.25) is 4.79 Å². The maximum absolute atomic E-state index is 12.5. The lowest BCUT2D eigenvalue weighted by Crippen LogP contribution is -2.35. The van der Waals surface area contributed by atoms with E-state index in [2.05, 4.69) is 10.3 Å². The van der Waals surface area contributed by atoms with Crippen molar-refractivity contribution in [2.24, 2.45) is 5.92 Å². The summed E-state index contributed by atoms with van der Waals surface area (Å²) in [6.45, 7) is 1.22. The number of anilines is 1. The second kappa shape index (κ2) is 6.06. The number of alkyl halides is 3. The van der Waals surface area contributed by atoms with E-state index in [0.717, 1.165) is 38.3 Å². The number of hydrogen-bond acceptors (Lipinski definition) is 4. The number of carbonyl (C=O) groups is 1. The maximum Gasteiger partial charge on any atom is 0.427 e. The fraction of sp³-hybridized carbons (Fsp3) is 0.714. The standard InChI is InChI=1S/C14H18F3N3OS/c15-14(16,17)11-7-18-13(22-11)19-10-5-6-20(8-10)12(21)9-3-1-2-4-9/h7,9-10H,1-6,8H2,(H,18,19). The predicted molar refractivity (Wildman–Crippen MR) is 77.7 cm³/mol. The van der Waals surface area contributed by atoms with Crippen LogP contribution < -0.4 is 5.32 Å². The number of carbonyl (C=O) groups excluding carboxylic acids is 1. The topological polar surface area (TPSA) is 45.2 Å². The van der Waals surface area contributed by atoms with Gasteiger partial charge in [-0.25, -0.2) is 4.98 Å². The average molecular weight is 333 g/mol. The molecule has 1 saturated heterocycles. The Morgan fingerprint density at radius 2 is 2.05 bits per heavy atom. The highest BCUT2D eigenvalue weighted by molar-refractivity contribution is 7.15. The first-order valence-corrected chi connectivity index (χ1v) is 8.33. The monoisotopic (exact) mass is 333 g/mol. The second-order valence-electron chi connectivity index (χ2n) is 5.92. The summed E-state index contributed by atoms with van der Waals surface area (Å²) in [5.41, 5.74) is 0. The summed E-state index contributed by atoms with van der Waals surface area (Å²) < 4.78 is 37.6. The molecule has 1 N–H and O–H groups in total. The molecule has 3 rings (SSSR count). The number of amides is 1. The molecule has 0 radical (unpaired) electrons. The molecule has 1 saturated carbocycles. The van der Waals surface area contributed by atoms with Gasteiger partial charge in [0, 0.05) is 25.0 Å². The van der Waals surface area contributed by atoms with Gasteiger partial charge in [0.15, 0.2) is 5.13 Å². The van der Waals surface area contributed by atoms with Gasteiger partial charge in [0.1, 0.15) is 4.88 Å². The molecule has 0 spiro atoms. The van der Waals surface area contributed by atoms with E-state index in [9.17, 15) is 18.0 Å². The van der Waals surface area contributed by atoms with Crippen molar-refractivity contribution in [3.8, 4) is 0 Å². The molecule has 1 atom stereocenters. The van der Waals surface area contributed by atoms with E-state index in [1.165, 1.54) is 0 Å². The number of thiazole rings is 1. The Balaban J connectivity index is 1.54. The zero-order valence-corrected chi connectivity index (χ0v) is 12.8. The van der Waals surface area contributed by atoms with Crippen LogP contribution in [0, 0.1) is 5.92 Å². The molecule has 0 bridgehead atoms. The Morgan fingerprint density at radius 3 is 2.68 bits per heavy atom. The van der Waals surface area contributed by atoms with Gasteiger partial charge >= 0.3 is 6.18 Å². The van der Waals surface area contributed by atoms with Crippen molar-refractivity contribution in [3.63, 3.8) is 0 Å².